The molecular formula is C12H15ClN2O. The molecule has 3 nitrogen and oxygen atoms in total. The summed E-state index contributed by atoms with van der Waals surface area (Å²) in [4.78, 5) is 3.38. The van der Waals surface area contributed by atoms with Crippen LogP contribution in [0.15, 0.2) is 18.2 Å². The van der Waals surface area contributed by atoms with Crippen molar-refractivity contribution in [2.45, 2.75) is 19.4 Å². The monoisotopic (exact) mass is 238 g/mol. The van der Waals surface area contributed by atoms with Crippen LogP contribution in [0.3, 0.4) is 0 Å². The SMILES string of the molecule is CC1NCCc2c1[nH]c1cc(O)ccc21.[Cl-].[H+]. The van der Waals surface area contributed by atoms with Crippen LogP contribution in [0.2, 0.25) is 0 Å². The van der Waals surface area contributed by atoms with E-state index < -0.39 is 0 Å². The molecule has 0 spiro atoms. The fraction of sp³-hybridized carbons (Fsp3) is 0.333. The van der Waals surface area contributed by atoms with Gasteiger partial charge in [0.1, 0.15) is 5.75 Å². The maximum absolute atomic E-state index is 9.42. The lowest BCUT2D eigenvalue weighted by Crippen LogP contribution is -3.00. The fourth-order valence-electron chi connectivity index (χ4n) is 2.42. The number of phenolic OH excluding ortho intramolecular Hbond substituents is 1. The van der Waals surface area contributed by atoms with Crippen LogP contribution in [0.5, 0.6) is 5.75 Å². The first kappa shape index (κ1) is 11.3. The topological polar surface area (TPSA) is 48.0 Å². The van der Waals surface area contributed by atoms with Gasteiger partial charge in [-0.05, 0) is 37.6 Å². The average molecular weight is 239 g/mol. The van der Waals surface area contributed by atoms with Gasteiger partial charge in [0.25, 0.3) is 0 Å². The Morgan fingerprint density at radius 3 is 3.06 bits per heavy atom. The molecule has 1 aliphatic rings. The summed E-state index contributed by atoms with van der Waals surface area (Å²) in [6.07, 6.45) is 1.06. The number of nitrogens with one attached hydrogen (secondary N) is 2. The van der Waals surface area contributed by atoms with Crippen molar-refractivity contribution >= 4 is 10.9 Å². The number of hydrogen-bond donors (Lipinski definition) is 3. The quantitative estimate of drug-likeness (QED) is 0.563. The molecule has 0 saturated heterocycles. The van der Waals surface area contributed by atoms with Gasteiger partial charge in [0.15, 0.2) is 0 Å². The zero-order valence-corrected chi connectivity index (χ0v) is 9.80. The summed E-state index contributed by atoms with van der Waals surface area (Å²) in [5.41, 5.74) is 3.70. The number of hydrogen-bond acceptors (Lipinski definition) is 2. The minimum absolute atomic E-state index is 0. The molecule has 4 heteroatoms. The van der Waals surface area contributed by atoms with Crippen LogP contribution in [0.1, 0.15) is 25.6 Å². The van der Waals surface area contributed by atoms with Crippen LogP contribution in [0, 0.1) is 0 Å². The van der Waals surface area contributed by atoms with Crippen molar-refractivity contribution in [3.63, 3.8) is 0 Å². The summed E-state index contributed by atoms with van der Waals surface area (Å²) in [6, 6.07) is 5.92. The second-order valence-electron chi connectivity index (χ2n) is 4.17. The van der Waals surface area contributed by atoms with Gasteiger partial charge in [0.05, 0.1) is 0 Å². The van der Waals surface area contributed by atoms with E-state index in [0.717, 1.165) is 18.5 Å². The molecule has 3 rings (SSSR count). The average Bonchev–Trinajstić information content (AvgIpc) is 2.57. The molecule has 0 aliphatic carbocycles. The lowest BCUT2D eigenvalue weighted by Gasteiger charge is -2.20. The molecule has 2 heterocycles. The van der Waals surface area contributed by atoms with Crippen molar-refractivity contribution in [3.05, 3.63) is 29.5 Å². The van der Waals surface area contributed by atoms with Crippen LogP contribution in [0.4, 0.5) is 0 Å². The van der Waals surface area contributed by atoms with Crippen molar-refractivity contribution in [1.29, 1.82) is 0 Å². The van der Waals surface area contributed by atoms with E-state index in [2.05, 4.69) is 17.2 Å². The maximum Gasteiger partial charge on any atom is 1.00 e. The van der Waals surface area contributed by atoms with Gasteiger partial charge in [-0.25, -0.2) is 0 Å². The molecule has 1 aliphatic heterocycles. The van der Waals surface area contributed by atoms with Crippen LogP contribution < -0.4 is 17.7 Å². The van der Waals surface area contributed by atoms with E-state index in [1.54, 1.807) is 12.1 Å². The summed E-state index contributed by atoms with van der Waals surface area (Å²) < 4.78 is 0. The number of rotatable bonds is 0. The molecule has 0 amide bonds. The van der Waals surface area contributed by atoms with Gasteiger partial charge in [-0.3, -0.25) is 0 Å². The highest BCUT2D eigenvalue weighted by molar-refractivity contribution is 5.86. The minimum Gasteiger partial charge on any atom is -1.00 e. The first-order chi connectivity index (χ1) is 7.25. The number of aromatic nitrogens is 1. The van der Waals surface area contributed by atoms with Gasteiger partial charge in [-0.2, -0.15) is 0 Å². The van der Waals surface area contributed by atoms with Crippen molar-refractivity contribution in [3.8, 4) is 5.75 Å². The Morgan fingerprint density at radius 1 is 1.44 bits per heavy atom. The highest BCUT2D eigenvalue weighted by Gasteiger charge is 2.20. The maximum atomic E-state index is 9.42. The van der Waals surface area contributed by atoms with Crippen molar-refractivity contribution in [1.82, 2.24) is 10.3 Å². The standard InChI is InChI=1S/C12H14N2O.ClH/c1-7-12-10(4-5-13-7)9-3-2-8(15)6-11(9)14-12;/h2-3,6-7,13-15H,4-5H2,1H3;1H. The lowest BCUT2D eigenvalue weighted by molar-refractivity contribution is -0.00000423. The number of aromatic hydroxyl groups is 1. The smallest absolute Gasteiger partial charge is 1.00 e. The second-order valence-corrected chi connectivity index (χ2v) is 4.17. The predicted molar refractivity (Wildman–Crippen MR) is 61.2 cm³/mol. The number of H-pyrrole nitrogens is 1. The molecule has 1 aromatic carbocycles. The van der Waals surface area contributed by atoms with E-state index in [1.165, 1.54) is 16.6 Å². The molecular weight excluding hydrogens is 224 g/mol. The molecule has 0 saturated carbocycles. The molecule has 0 radical (unpaired) electrons. The van der Waals surface area contributed by atoms with Gasteiger partial charge in [0.2, 0.25) is 0 Å². The molecule has 0 bridgehead atoms. The molecule has 3 N–H and O–H groups in total. The van der Waals surface area contributed by atoms with Crippen LogP contribution in [-0.4, -0.2) is 16.6 Å². The zero-order valence-electron chi connectivity index (χ0n) is 10.0. The van der Waals surface area contributed by atoms with E-state index in [1.807, 2.05) is 6.07 Å². The highest BCUT2D eigenvalue weighted by atomic mass is 35.5. The number of aromatic amines is 1. The molecule has 2 aromatic rings. The fourth-order valence-corrected chi connectivity index (χ4v) is 2.42. The molecule has 1 aromatic heterocycles. The predicted octanol–water partition coefficient (Wildman–Crippen LogP) is -0.803. The molecule has 16 heavy (non-hydrogen) atoms. The van der Waals surface area contributed by atoms with E-state index >= 15 is 0 Å². The van der Waals surface area contributed by atoms with Crippen LogP contribution in [-0.2, 0) is 6.42 Å². The summed E-state index contributed by atoms with van der Waals surface area (Å²) in [7, 11) is 0. The van der Waals surface area contributed by atoms with Gasteiger partial charge >= 0.3 is 1.43 Å². The lowest BCUT2D eigenvalue weighted by atomic mass is 10.0. The molecule has 1 atom stereocenters. The van der Waals surface area contributed by atoms with E-state index in [0.29, 0.717) is 11.8 Å². The van der Waals surface area contributed by atoms with Gasteiger partial charge in [0, 0.05) is 28.7 Å². The third-order valence-electron chi connectivity index (χ3n) is 3.18. The molecule has 1 unspecified atom stereocenters. The minimum atomic E-state index is 0. The third kappa shape index (κ3) is 1.56. The first-order valence-electron chi connectivity index (χ1n) is 5.32. The summed E-state index contributed by atoms with van der Waals surface area (Å²) in [6.45, 7) is 3.19. The number of fused-ring (bicyclic) bond motifs is 3. The van der Waals surface area contributed by atoms with Gasteiger partial charge in [-0.1, -0.05) is 0 Å². The number of phenols is 1. The Hall–Kier alpha value is -1.19. The number of benzene rings is 1. The van der Waals surface area contributed by atoms with Gasteiger partial charge < -0.3 is 27.8 Å². The van der Waals surface area contributed by atoms with Crippen molar-refractivity contribution < 1.29 is 18.9 Å². The normalized spacial score (nSPS) is 19.2. The molecule has 86 valence electrons. The first-order valence-corrected chi connectivity index (χ1v) is 5.32. The summed E-state index contributed by atoms with van der Waals surface area (Å²) in [5, 5.41) is 14.1. The Morgan fingerprint density at radius 2 is 2.25 bits per heavy atom. The van der Waals surface area contributed by atoms with Gasteiger partial charge in [-0.15, -0.1) is 0 Å². The van der Waals surface area contributed by atoms with Crippen LogP contribution >= 0.6 is 0 Å². The Balaban J connectivity index is 0.000000722. The van der Waals surface area contributed by atoms with Crippen molar-refractivity contribution in [2.75, 3.05) is 6.54 Å². The number of halogens is 1. The summed E-state index contributed by atoms with van der Waals surface area (Å²) in [5.74, 6) is 0.321. The Labute approximate surface area is 102 Å². The van der Waals surface area contributed by atoms with E-state index in [-0.39, 0.29) is 13.8 Å². The summed E-state index contributed by atoms with van der Waals surface area (Å²) >= 11 is 0. The third-order valence-corrected chi connectivity index (χ3v) is 3.18. The Bertz CT molecular complexity index is 526. The zero-order chi connectivity index (χ0) is 10.4. The Kier molecular flexibility index (Phi) is 2.82. The second kappa shape index (κ2) is 4.00. The highest BCUT2D eigenvalue weighted by Crippen LogP contribution is 2.31. The molecule has 0 fully saturated rings. The largest absolute Gasteiger partial charge is 1.00 e. The van der Waals surface area contributed by atoms with E-state index in [9.17, 15) is 5.11 Å². The van der Waals surface area contributed by atoms with Crippen LogP contribution in [0.25, 0.3) is 10.9 Å². The van der Waals surface area contributed by atoms with Crippen molar-refractivity contribution in [2.24, 2.45) is 0 Å². The van der Waals surface area contributed by atoms with E-state index in [4.69, 9.17) is 0 Å².